The molecule has 6 nitrogen and oxygen atoms in total. The van der Waals surface area contributed by atoms with Gasteiger partial charge in [0.05, 0.1) is 4.90 Å². The lowest BCUT2D eigenvalue weighted by Gasteiger charge is -2.32. The molecule has 1 aromatic heterocycles. The molecular formula is C17H23N3O3S. The number of rotatable bonds is 4. The summed E-state index contributed by atoms with van der Waals surface area (Å²) in [6, 6.07) is 5.33. The van der Waals surface area contributed by atoms with Crippen molar-refractivity contribution in [2.45, 2.75) is 57.4 Å². The minimum absolute atomic E-state index is 0.0312. The van der Waals surface area contributed by atoms with Crippen LogP contribution in [0.2, 0.25) is 0 Å². The van der Waals surface area contributed by atoms with E-state index < -0.39 is 10.0 Å². The first-order chi connectivity index (χ1) is 11.4. The molecule has 3 rings (SSSR count). The second kappa shape index (κ2) is 6.64. The topological polar surface area (TPSA) is 76.3 Å². The minimum atomic E-state index is -3.52. The van der Waals surface area contributed by atoms with Crippen LogP contribution in [0, 0.1) is 6.92 Å². The molecule has 7 heteroatoms. The van der Waals surface area contributed by atoms with E-state index in [2.05, 4.69) is 10.1 Å². The van der Waals surface area contributed by atoms with Crippen LogP contribution in [0.3, 0.4) is 0 Å². The molecule has 0 N–H and O–H groups in total. The average Bonchev–Trinajstić information content (AvgIpc) is 3.04. The summed E-state index contributed by atoms with van der Waals surface area (Å²) >= 11 is 0. The molecule has 1 atom stereocenters. The Balaban J connectivity index is 2.02. The van der Waals surface area contributed by atoms with Gasteiger partial charge in [0.25, 0.3) is 0 Å². The SMILES string of the molecule is CCc1nc(-c2ccc(C)c(S(=O)(=O)N3CCCC[C@@H]3C)c2)no1. The maximum absolute atomic E-state index is 13.1. The molecule has 0 spiro atoms. The molecule has 130 valence electrons. The second-order valence-electron chi connectivity index (χ2n) is 6.31. The van der Waals surface area contributed by atoms with Crippen molar-refractivity contribution in [1.29, 1.82) is 0 Å². The van der Waals surface area contributed by atoms with E-state index in [1.807, 2.05) is 26.8 Å². The van der Waals surface area contributed by atoms with Crippen LogP contribution in [0.1, 0.15) is 44.6 Å². The summed E-state index contributed by atoms with van der Waals surface area (Å²) in [7, 11) is -3.52. The Kier molecular flexibility index (Phi) is 4.73. The summed E-state index contributed by atoms with van der Waals surface area (Å²) in [6.45, 7) is 6.30. The van der Waals surface area contributed by atoms with Crippen LogP contribution < -0.4 is 0 Å². The van der Waals surface area contributed by atoms with Crippen molar-refractivity contribution in [1.82, 2.24) is 14.4 Å². The Bertz CT molecular complexity index is 829. The van der Waals surface area contributed by atoms with Crippen LogP contribution in [0.4, 0.5) is 0 Å². The predicted molar refractivity (Wildman–Crippen MR) is 91.1 cm³/mol. The molecule has 0 saturated carbocycles. The Morgan fingerprint density at radius 3 is 2.79 bits per heavy atom. The normalized spacial score (nSPS) is 19.5. The maximum atomic E-state index is 13.1. The number of benzene rings is 1. The molecule has 0 radical (unpaired) electrons. The lowest BCUT2D eigenvalue weighted by Crippen LogP contribution is -2.42. The first-order valence-corrected chi connectivity index (χ1v) is 9.83. The van der Waals surface area contributed by atoms with Crippen LogP contribution in [0.25, 0.3) is 11.4 Å². The third-order valence-corrected chi connectivity index (χ3v) is 6.70. The van der Waals surface area contributed by atoms with Gasteiger partial charge < -0.3 is 4.52 Å². The zero-order chi connectivity index (χ0) is 17.3. The molecule has 1 fully saturated rings. The Labute approximate surface area is 142 Å². The molecule has 0 unspecified atom stereocenters. The fraction of sp³-hybridized carbons (Fsp3) is 0.529. The van der Waals surface area contributed by atoms with Gasteiger partial charge in [-0.1, -0.05) is 30.6 Å². The molecule has 2 heterocycles. The maximum Gasteiger partial charge on any atom is 0.243 e. The van der Waals surface area contributed by atoms with Gasteiger partial charge in [0.2, 0.25) is 21.7 Å². The molecule has 1 aliphatic heterocycles. The van der Waals surface area contributed by atoms with E-state index in [-0.39, 0.29) is 6.04 Å². The molecule has 1 saturated heterocycles. The lowest BCUT2D eigenvalue weighted by atomic mass is 10.1. The number of piperidine rings is 1. The quantitative estimate of drug-likeness (QED) is 0.847. The molecular weight excluding hydrogens is 326 g/mol. The number of hydrogen-bond acceptors (Lipinski definition) is 5. The molecule has 0 amide bonds. The van der Waals surface area contributed by atoms with E-state index in [0.717, 1.165) is 24.8 Å². The summed E-state index contributed by atoms with van der Waals surface area (Å²) in [4.78, 5) is 4.62. The van der Waals surface area contributed by atoms with Crippen molar-refractivity contribution in [3.8, 4) is 11.4 Å². The van der Waals surface area contributed by atoms with Gasteiger partial charge >= 0.3 is 0 Å². The fourth-order valence-corrected chi connectivity index (χ4v) is 5.04. The van der Waals surface area contributed by atoms with E-state index in [1.54, 1.807) is 16.4 Å². The molecule has 1 aliphatic rings. The average molecular weight is 349 g/mol. The number of aryl methyl sites for hydroxylation is 2. The standard InChI is InChI=1S/C17H23N3O3S/c1-4-16-18-17(19-23-16)14-9-8-12(2)15(11-14)24(21,22)20-10-6-5-7-13(20)3/h8-9,11,13H,4-7,10H2,1-3H3/t13-/m0/s1. The lowest BCUT2D eigenvalue weighted by molar-refractivity contribution is 0.268. The van der Waals surface area contributed by atoms with Crippen molar-refractivity contribution in [3.05, 3.63) is 29.7 Å². The summed E-state index contributed by atoms with van der Waals surface area (Å²) in [5.41, 5.74) is 1.39. The van der Waals surface area contributed by atoms with Crippen molar-refractivity contribution >= 4 is 10.0 Å². The van der Waals surface area contributed by atoms with Crippen LogP contribution in [0.5, 0.6) is 0 Å². The highest BCUT2D eigenvalue weighted by atomic mass is 32.2. The third kappa shape index (κ3) is 3.10. The summed E-state index contributed by atoms with van der Waals surface area (Å²) < 4.78 is 33.0. The van der Waals surface area contributed by atoms with Gasteiger partial charge in [-0.25, -0.2) is 8.42 Å². The van der Waals surface area contributed by atoms with E-state index in [9.17, 15) is 8.42 Å². The molecule has 0 bridgehead atoms. The molecule has 1 aromatic carbocycles. The third-order valence-electron chi connectivity index (χ3n) is 4.55. The zero-order valence-electron chi connectivity index (χ0n) is 14.3. The Morgan fingerprint density at radius 2 is 2.12 bits per heavy atom. The fourth-order valence-electron chi connectivity index (χ4n) is 3.09. The monoisotopic (exact) mass is 349 g/mol. The van der Waals surface area contributed by atoms with Gasteiger partial charge in [0.15, 0.2) is 0 Å². The summed E-state index contributed by atoms with van der Waals surface area (Å²) in [5, 5.41) is 3.94. The number of hydrogen-bond donors (Lipinski definition) is 0. The van der Waals surface area contributed by atoms with Crippen molar-refractivity contribution in [2.75, 3.05) is 6.54 Å². The van der Waals surface area contributed by atoms with Gasteiger partial charge in [-0.3, -0.25) is 0 Å². The molecule has 24 heavy (non-hydrogen) atoms. The van der Waals surface area contributed by atoms with E-state index in [4.69, 9.17) is 4.52 Å². The highest BCUT2D eigenvalue weighted by molar-refractivity contribution is 7.89. The van der Waals surface area contributed by atoms with Crippen molar-refractivity contribution in [2.24, 2.45) is 0 Å². The van der Waals surface area contributed by atoms with Crippen LogP contribution in [-0.4, -0.2) is 35.5 Å². The first kappa shape index (κ1) is 17.1. The van der Waals surface area contributed by atoms with Gasteiger partial charge in [0.1, 0.15) is 0 Å². The minimum Gasteiger partial charge on any atom is -0.339 e. The van der Waals surface area contributed by atoms with Gasteiger partial charge in [-0.15, -0.1) is 0 Å². The molecule has 2 aromatic rings. The Morgan fingerprint density at radius 1 is 1.33 bits per heavy atom. The second-order valence-corrected chi connectivity index (χ2v) is 8.17. The highest BCUT2D eigenvalue weighted by Gasteiger charge is 2.32. The summed E-state index contributed by atoms with van der Waals surface area (Å²) in [6.07, 6.45) is 3.54. The zero-order valence-corrected chi connectivity index (χ0v) is 15.1. The number of sulfonamides is 1. The van der Waals surface area contributed by atoms with Gasteiger partial charge in [0, 0.05) is 24.6 Å². The van der Waals surface area contributed by atoms with Crippen molar-refractivity contribution < 1.29 is 12.9 Å². The van der Waals surface area contributed by atoms with Gasteiger partial charge in [-0.2, -0.15) is 9.29 Å². The van der Waals surface area contributed by atoms with E-state index in [0.29, 0.717) is 35.1 Å². The first-order valence-electron chi connectivity index (χ1n) is 8.39. The van der Waals surface area contributed by atoms with E-state index in [1.165, 1.54) is 0 Å². The smallest absolute Gasteiger partial charge is 0.243 e. The van der Waals surface area contributed by atoms with Crippen molar-refractivity contribution in [3.63, 3.8) is 0 Å². The highest BCUT2D eigenvalue weighted by Crippen LogP contribution is 2.29. The Hall–Kier alpha value is -1.73. The van der Waals surface area contributed by atoms with Crippen LogP contribution in [0.15, 0.2) is 27.6 Å². The predicted octanol–water partition coefficient (Wildman–Crippen LogP) is 3.17. The largest absolute Gasteiger partial charge is 0.339 e. The number of nitrogens with zero attached hydrogens (tertiary/aromatic N) is 3. The van der Waals surface area contributed by atoms with E-state index >= 15 is 0 Å². The summed E-state index contributed by atoms with van der Waals surface area (Å²) in [5.74, 6) is 0.967. The van der Waals surface area contributed by atoms with Gasteiger partial charge in [-0.05, 0) is 38.3 Å². The van der Waals surface area contributed by atoms with Crippen LogP contribution >= 0.6 is 0 Å². The molecule has 0 aliphatic carbocycles. The number of aromatic nitrogens is 2. The van der Waals surface area contributed by atoms with Crippen LogP contribution in [-0.2, 0) is 16.4 Å².